The summed E-state index contributed by atoms with van der Waals surface area (Å²) in [5.74, 6) is 0. The molecule has 1 aromatic heterocycles. The summed E-state index contributed by atoms with van der Waals surface area (Å²) < 4.78 is 1.92. The monoisotopic (exact) mass is 227 g/mol. The van der Waals surface area contributed by atoms with Crippen LogP contribution in [-0.4, -0.2) is 16.3 Å². The summed E-state index contributed by atoms with van der Waals surface area (Å²) in [5, 5.41) is 5.19. The molecule has 0 unspecified atom stereocenters. The first-order valence-electron chi connectivity index (χ1n) is 5.26. The Hall–Kier alpha value is -0.800. The SMILES string of the molecule is CCc1nn(CC)c(/C=C(/C)CN)c1Cl. The van der Waals surface area contributed by atoms with E-state index in [1.165, 1.54) is 0 Å². The van der Waals surface area contributed by atoms with Gasteiger partial charge in [-0.1, -0.05) is 24.1 Å². The second-order valence-corrected chi connectivity index (χ2v) is 3.89. The highest BCUT2D eigenvalue weighted by molar-refractivity contribution is 6.32. The van der Waals surface area contributed by atoms with Crippen LogP contribution in [0.4, 0.5) is 0 Å². The summed E-state index contributed by atoms with van der Waals surface area (Å²) >= 11 is 6.24. The van der Waals surface area contributed by atoms with Gasteiger partial charge in [0.1, 0.15) is 0 Å². The molecular weight excluding hydrogens is 210 g/mol. The summed E-state index contributed by atoms with van der Waals surface area (Å²) in [4.78, 5) is 0. The highest BCUT2D eigenvalue weighted by Crippen LogP contribution is 2.23. The molecule has 15 heavy (non-hydrogen) atoms. The molecule has 0 aliphatic heterocycles. The van der Waals surface area contributed by atoms with Crippen molar-refractivity contribution in [2.24, 2.45) is 5.73 Å². The topological polar surface area (TPSA) is 43.8 Å². The van der Waals surface area contributed by atoms with Crippen molar-refractivity contribution in [3.05, 3.63) is 22.0 Å². The van der Waals surface area contributed by atoms with Gasteiger partial charge in [0, 0.05) is 13.1 Å². The molecule has 84 valence electrons. The predicted octanol–water partition coefficient (Wildman–Crippen LogP) is 2.48. The van der Waals surface area contributed by atoms with E-state index in [2.05, 4.69) is 18.9 Å². The van der Waals surface area contributed by atoms with Gasteiger partial charge in [-0.05, 0) is 26.3 Å². The van der Waals surface area contributed by atoms with E-state index >= 15 is 0 Å². The van der Waals surface area contributed by atoms with Crippen LogP contribution in [0.5, 0.6) is 0 Å². The first-order chi connectivity index (χ1) is 7.13. The number of hydrogen-bond donors (Lipinski definition) is 1. The molecule has 0 aliphatic rings. The molecule has 1 rings (SSSR count). The zero-order valence-corrected chi connectivity index (χ0v) is 10.3. The van der Waals surface area contributed by atoms with Gasteiger partial charge in [-0.2, -0.15) is 5.10 Å². The normalized spacial score (nSPS) is 12.2. The van der Waals surface area contributed by atoms with Crippen LogP contribution in [0.3, 0.4) is 0 Å². The van der Waals surface area contributed by atoms with Crippen molar-refractivity contribution in [3.8, 4) is 0 Å². The van der Waals surface area contributed by atoms with E-state index < -0.39 is 0 Å². The lowest BCUT2D eigenvalue weighted by Crippen LogP contribution is -2.03. The second kappa shape index (κ2) is 5.33. The number of nitrogens with zero attached hydrogens (tertiary/aromatic N) is 2. The number of nitrogens with two attached hydrogens (primary N) is 1. The van der Waals surface area contributed by atoms with Gasteiger partial charge in [0.05, 0.1) is 16.4 Å². The van der Waals surface area contributed by atoms with Crippen LogP contribution in [0.15, 0.2) is 5.57 Å². The highest BCUT2D eigenvalue weighted by Gasteiger charge is 2.11. The van der Waals surface area contributed by atoms with Gasteiger partial charge in [-0.3, -0.25) is 4.68 Å². The van der Waals surface area contributed by atoms with E-state index in [9.17, 15) is 0 Å². The Bertz CT molecular complexity index is 366. The van der Waals surface area contributed by atoms with E-state index in [4.69, 9.17) is 17.3 Å². The predicted molar refractivity (Wildman–Crippen MR) is 65.0 cm³/mol. The summed E-state index contributed by atoms with van der Waals surface area (Å²) in [5.41, 5.74) is 8.59. The van der Waals surface area contributed by atoms with Crippen LogP contribution in [0.1, 0.15) is 32.2 Å². The summed E-state index contributed by atoms with van der Waals surface area (Å²) in [6.45, 7) is 7.47. The van der Waals surface area contributed by atoms with Crippen molar-refractivity contribution in [2.75, 3.05) is 6.54 Å². The van der Waals surface area contributed by atoms with Crippen LogP contribution in [-0.2, 0) is 13.0 Å². The van der Waals surface area contributed by atoms with Crippen LogP contribution in [0, 0.1) is 0 Å². The van der Waals surface area contributed by atoms with Crippen LogP contribution >= 0.6 is 11.6 Å². The Morgan fingerprint density at radius 3 is 2.67 bits per heavy atom. The van der Waals surface area contributed by atoms with Gasteiger partial charge < -0.3 is 5.73 Å². The van der Waals surface area contributed by atoms with Gasteiger partial charge in [0.2, 0.25) is 0 Å². The Kier molecular flexibility index (Phi) is 4.36. The Balaban J connectivity index is 3.20. The number of rotatable bonds is 4. The standard InChI is InChI=1S/C11H18ClN3/c1-4-9-11(12)10(6-8(3)7-13)15(5-2)14-9/h6H,4-5,7,13H2,1-3H3/b8-6-. The lowest BCUT2D eigenvalue weighted by molar-refractivity contribution is 0.642. The summed E-state index contributed by atoms with van der Waals surface area (Å²) in [7, 11) is 0. The second-order valence-electron chi connectivity index (χ2n) is 3.51. The largest absolute Gasteiger partial charge is 0.327 e. The van der Waals surface area contributed by atoms with Gasteiger partial charge in [0.25, 0.3) is 0 Å². The molecule has 2 N–H and O–H groups in total. The molecule has 0 saturated heterocycles. The fraction of sp³-hybridized carbons (Fsp3) is 0.545. The molecule has 0 amide bonds. The third-order valence-corrected chi connectivity index (χ3v) is 2.75. The minimum absolute atomic E-state index is 0.548. The molecule has 0 aliphatic carbocycles. The lowest BCUT2D eigenvalue weighted by atomic mass is 10.2. The molecule has 1 aromatic rings. The minimum atomic E-state index is 0.548. The maximum absolute atomic E-state index is 6.24. The number of halogens is 1. The van der Waals surface area contributed by atoms with Gasteiger partial charge in [-0.15, -0.1) is 0 Å². The molecule has 0 aromatic carbocycles. The zero-order chi connectivity index (χ0) is 11.4. The maximum atomic E-state index is 6.24. The first-order valence-corrected chi connectivity index (χ1v) is 5.64. The molecule has 0 saturated carbocycles. The van der Waals surface area contributed by atoms with Crippen LogP contribution < -0.4 is 5.73 Å². The van der Waals surface area contributed by atoms with Gasteiger partial charge in [-0.25, -0.2) is 0 Å². The lowest BCUT2D eigenvalue weighted by Gasteiger charge is -2.01. The molecule has 0 spiro atoms. The van der Waals surface area contributed by atoms with E-state index in [1.54, 1.807) is 0 Å². The van der Waals surface area contributed by atoms with E-state index in [-0.39, 0.29) is 0 Å². The molecule has 3 nitrogen and oxygen atoms in total. The fourth-order valence-electron chi connectivity index (χ4n) is 1.40. The van der Waals surface area contributed by atoms with E-state index in [1.807, 2.05) is 17.7 Å². The molecule has 0 fully saturated rings. The van der Waals surface area contributed by atoms with Crippen molar-refractivity contribution in [2.45, 2.75) is 33.7 Å². The third-order valence-electron chi connectivity index (χ3n) is 2.34. The Labute approximate surface area is 95.9 Å². The van der Waals surface area contributed by atoms with Crippen molar-refractivity contribution in [1.29, 1.82) is 0 Å². The average molecular weight is 228 g/mol. The van der Waals surface area contributed by atoms with Gasteiger partial charge in [0.15, 0.2) is 0 Å². The number of hydrogen-bond acceptors (Lipinski definition) is 2. The third kappa shape index (κ3) is 2.61. The quantitative estimate of drug-likeness (QED) is 0.859. The first kappa shape index (κ1) is 12.3. The summed E-state index contributed by atoms with van der Waals surface area (Å²) in [6, 6.07) is 0. The molecule has 1 heterocycles. The van der Waals surface area contributed by atoms with E-state index in [0.717, 1.165) is 34.9 Å². The zero-order valence-electron chi connectivity index (χ0n) is 9.55. The van der Waals surface area contributed by atoms with Crippen molar-refractivity contribution < 1.29 is 0 Å². The van der Waals surface area contributed by atoms with Crippen LogP contribution in [0.2, 0.25) is 5.02 Å². The minimum Gasteiger partial charge on any atom is -0.327 e. The van der Waals surface area contributed by atoms with Crippen molar-refractivity contribution in [1.82, 2.24) is 9.78 Å². The molecule has 0 radical (unpaired) electrons. The fourth-order valence-corrected chi connectivity index (χ4v) is 1.73. The molecule has 4 heteroatoms. The smallest absolute Gasteiger partial charge is 0.0891 e. The van der Waals surface area contributed by atoms with Gasteiger partial charge >= 0.3 is 0 Å². The van der Waals surface area contributed by atoms with Crippen molar-refractivity contribution in [3.63, 3.8) is 0 Å². The van der Waals surface area contributed by atoms with Crippen molar-refractivity contribution >= 4 is 17.7 Å². The molecular formula is C11H18ClN3. The van der Waals surface area contributed by atoms with E-state index in [0.29, 0.717) is 6.54 Å². The highest BCUT2D eigenvalue weighted by atomic mass is 35.5. The molecule has 0 atom stereocenters. The molecule has 0 bridgehead atoms. The summed E-state index contributed by atoms with van der Waals surface area (Å²) in [6.07, 6.45) is 2.87. The average Bonchev–Trinajstić information content (AvgIpc) is 2.55. The maximum Gasteiger partial charge on any atom is 0.0891 e. The number of aromatic nitrogens is 2. The Morgan fingerprint density at radius 1 is 1.53 bits per heavy atom. The van der Waals surface area contributed by atoms with Crippen LogP contribution in [0.25, 0.3) is 6.08 Å². The Morgan fingerprint density at radius 2 is 2.20 bits per heavy atom. The number of aryl methyl sites for hydroxylation is 2.